The molecule has 0 atom stereocenters. The second-order valence-corrected chi connectivity index (χ2v) is 4.00. The van der Waals surface area contributed by atoms with Crippen LogP contribution in [-0.4, -0.2) is 42.2 Å². The number of aromatic nitrogens is 4. The van der Waals surface area contributed by atoms with Crippen LogP contribution in [0.5, 0.6) is 5.88 Å². The first kappa shape index (κ1) is 10.2. The Labute approximate surface area is 90.0 Å². The van der Waals surface area contributed by atoms with Gasteiger partial charge in [-0.3, -0.25) is 0 Å². The van der Waals surface area contributed by atoms with Crippen molar-refractivity contribution in [1.29, 1.82) is 0 Å². The van der Waals surface area contributed by atoms with Gasteiger partial charge >= 0.3 is 0 Å². The molecule has 0 saturated carbocycles. The molecule has 0 unspecified atom stereocenters. The summed E-state index contributed by atoms with van der Waals surface area (Å²) in [5, 5.41) is 22.4. The van der Waals surface area contributed by atoms with E-state index in [0.717, 1.165) is 0 Å². The van der Waals surface area contributed by atoms with Crippen LogP contribution >= 0.6 is 11.8 Å². The maximum Gasteiger partial charge on any atom is 0.255 e. The second kappa shape index (κ2) is 4.03. The minimum absolute atomic E-state index is 0.0217. The van der Waals surface area contributed by atoms with Crippen molar-refractivity contribution in [2.45, 2.75) is 11.8 Å². The number of nitrogens with zero attached hydrogens (tertiary/aromatic N) is 4. The Morgan fingerprint density at radius 2 is 2.33 bits per heavy atom. The molecule has 2 heterocycles. The normalized spacial score (nSPS) is 11.1. The second-order valence-electron chi connectivity index (χ2n) is 2.89. The van der Waals surface area contributed by atoms with E-state index in [-0.39, 0.29) is 12.5 Å². The van der Waals surface area contributed by atoms with Crippen molar-refractivity contribution in [3.05, 3.63) is 12.0 Å². The summed E-state index contributed by atoms with van der Waals surface area (Å²) in [6, 6.07) is 0. The van der Waals surface area contributed by atoms with E-state index in [1.54, 1.807) is 6.92 Å². The van der Waals surface area contributed by atoms with Crippen LogP contribution in [-0.2, 0) is 0 Å². The molecule has 2 rings (SSSR count). The van der Waals surface area contributed by atoms with Gasteiger partial charge in [-0.2, -0.15) is 14.6 Å². The lowest BCUT2D eigenvalue weighted by Crippen LogP contribution is -1.98. The summed E-state index contributed by atoms with van der Waals surface area (Å²) in [4.78, 5) is 8.69. The molecule has 7 heteroatoms. The summed E-state index contributed by atoms with van der Waals surface area (Å²) < 4.78 is 1.27. The highest BCUT2D eigenvalue weighted by atomic mass is 32.2. The van der Waals surface area contributed by atoms with Crippen LogP contribution in [0.3, 0.4) is 0 Å². The van der Waals surface area contributed by atoms with Gasteiger partial charge in [-0.25, -0.2) is 4.98 Å². The summed E-state index contributed by atoms with van der Waals surface area (Å²) >= 11 is 1.34. The first-order valence-electron chi connectivity index (χ1n) is 4.37. The van der Waals surface area contributed by atoms with Crippen molar-refractivity contribution in [1.82, 2.24) is 19.6 Å². The number of aliphatic hydroxyl groups is 1. The molecule has 0 aromatic carbocycles. The monoisotopic (exact) mass is 226 g/mol. The molecule has 2 aromatic heterocycles. The largest absolute Gasteiger partial charge is 0.492 e. The minimum Gasteiger partial charge on any atom is -0.492 e. The van der Waals surface area contributed by atoms with Crippen molar-refractivity contribution in [2.24, 2.45) is 0 Å². The average Bonchev–Trinajstić information content (AvgIpc) is 2.65. The van der Waals surface area contributed by atoms with Gasteiger partial charge in [-0.1, -0.05) is 0 Å². The van der Waals surface area contributed by atoms with Gasteiger partial charge in [0.1, 0.15) is 6.33 Å². The maximum atomic E-state index is 9.86. The number of aromatic hydroxyl groups is 1. The Kier molecular flexibility index (Phi) is 2.74. The highest BCUT2D eigenvalue weighted by Gasteiger charge is 2.13. The molecule has 6 nitrogen and oxygen atoms in total. The highest BCUT2D eigenvalue weighted by Crippen LogP contribution is 2.30. The number of thioether (sulfide) groups is 1. The van der Waals surface area contributed by atoms with Gasteiger partial charge in [0, 0.05) is 5.75 Å². The summed E-state index contributed by atoms with van der Waals surface area (Å²) in [6.07, 6.45) is 1.34. The standard InChI is InChI=1S/C8H10N4O2S/c1-5-6(15-3-2-13)7(14)12-8(11-5)9-4-10-12/h4,13-14H,2-3H2,1H3. The summed E-state index contributed by atoms with van der Waals surface area (Å²) in [5.74, 6) is 0.905. The number of fused-ring (bicyclic) bond motifs is 1. The van der Waals surface area contributed by atoms with Gasteiger partial charge in [-0.05, 0) is 6.92 Å². The van der Waals surface area contributed by atoms with E-state index in [1.807, 2.05) is 0 Å². The lowest BCUT2D eigenvalue weighted by Gasteiger charge is -2.06. The topological polar surface area (TPSA) is 83.5 Å². The quantitative estimate of drug-likeness (QED) is 0.728. The molecule has 0 spiro atoms. The molecule has 0 bridgehead atoms. The predicted molar refractivity (Wildman–Crippen MR) is 55.0 cm³/mol. The van der Waals surface area contributed by atoms with Gasteiger partial charge in [-0.15, -0.1) is 11.8 Å². The molecule has 2 aromatic rings. The lowest BCUT2D eigenvalue weighted by molar-refractivity contribution is 0.322. The predicted octanol–water partition coefficient (Wildman–Crippen LogP) is 0.223. The van der Waals surface area contributed by atoms with Gasteiger partial charge in [0.25, 0.3) is 5.78 Å². The van der Waals surface area contributed by atoms with Gasteiger partial charge < -0.3 is 10.2 Å². The summed E-state index contributed by atoms with van der Waals surface area (Å²) in [6.45, 7) is 1.84. The minimum atomic E-state index is 0.0217. The average molecular weight is 226 g/mol. The third-order valence-electron chi connectivity index (χ3n) is 1.87. The van der Waals surface area contributed by atoms with E-state index in [4.69, 9.17) is 5.11 Å². The summed E-state index contributed by atoms with van der Waals surface area (Å²) in [7, 11) is 0. The fraction of sp³-hybridized carbons (Fsp3) is 0.375. The fourth-order valence-corrected chi connectivity index (χ4v) is 2.00. The van der Waals surface area contributed by atoms with E-state index >= 15 is 0 Å². The molecule has 0 radical (unpaired) electrons. The van der Waals surface area contributed by atoms with Crippen molar-refractivity contribution in [2.75, 3.05) is 12.4 Å². The zero-order chi connectivity index (χ0) is 10.8. The van der Waals surface area contributed by atoms with E-state index in [9.17, 15) is 5.11 Å². The number of hydrogen-bond donors (Lipinski definition) is 2. The maximum absolute atomic E-state index is 9.86. The van der Waals surface area contributed by atoms with Crippen molar-refractivity contribution in [3.63, 3.8) is 0 Å². The van der Waals surface area contributed by atoms with Crippen LogP contribution in [0.15, 0.2) is 11.2 Å². The molecule has 15 heavy (non-hydrogen) atoms. The van der Waals surface area contributed by atoms with Gasteiger partial charge in [0.15, 0.2) is 0 Å². The van der Waals surface area contributed by atoms with Gasteiger partial charge in [0.05, 0.1) is 17.2 Å². The number of rotatable bonds is 3. The SMILES string of the molecule is Cc1nc2ncnn2c(O)c1SCCO. The third kappa shape index (κ3) is 1.75. The van der Waals surface area contributed by atoms with Crippen LogP contribution < -0.4 is 0 Å². The first-order chi connectivity index (χ1) is 7.24. The number of hydrogen-bond acceptors (Lipinski definition) is 6. The lowest BCUT2D eigenvalue weighted by atomic mass is 10.4. The van der Waals surface area contributed by atoms with Crippen LogP contribution in [0, 0.1) is 6.92 Å². The zero-order valence-corrected chi connectivity index (χ0v) is 8.90. The molecule has 0 aliphatic carbocycles. The molecule has 0 aliphatic heterocycles. The molecule has 0 amide bonds. The van der Waals surface area contributed by atoms with Crippen LogP contribution in [0.25, 0.3) is 5.78 Å². The van der Waals surface area contributed by atoms with Crippen molar-refractivity contribution >= 4 is 17.5 Å². The van der Waals surface area contributed by atoms with E-state index < -0.39 is 0 Å². The number of aliphatic hydroxyl groups excluding tert-OH is 1. The Balaban J connectivity index is 2.52. The third-order valence-corrected chi connectivity index (χ3v) is 3.02. The Morgan fingerprint density at radius 1 is 1.53 bits per heavy atom. The first-order valence-corrected chi connectivity index (χ1v) is 5.35. The molecule has 0 aliphatic rings. The Morgan fingerprint density at radius 3 is 3.07 bits per heavy atom. The van der Waals surface area contributed by atoms with E-state index in [1.165, 1.54) is 22.6 Å². The van der Waals surface area contributed by atoms with Crippen LogP contribution in [0.1, 0.15) is 5.69 Å². The van der Waals surface area contributed by atoms with E-state index in [2.05, 4.69) is 15.1 Å². The Bertz CT molecular complexity index is 485. The zero-order valence-electron chi connectivity index (χ0n) is 8.08. The van der Waals surface area contributed by atoms with E-state index in [0.29, 0.717) is 22.1 Å². The van der Waals surface area contributed by atoms with Crippen molar-refractivity contribution < 1.29 is 10.2 Å². The van der Waals surface area contributed by atoms with Crippen LogP contribution in [0.4, 0.5) is 0 Å². The van der Waals surface area contributed by atoms with Crippen LogP contribution in [0.2, 0.25) is 0 Å². The molecular weight excluding hydrogens is 216 g/mol. The molecule has 0 saturated heterocycles. The number of aryl methyl sites for hydroxylation is 1. The Hall–Kier alpha value is -1.34. The van der Waals surface area contributed by atoms with Crippen molar-refractivity contribution in [3.8, 4) is 5.88 Å². The summed E-state index contributed by atoms with van der Waals surface area (Å²) in [5.41, 5.74) is 0.687. The smallest absolute Gasteiger partial charge is 0.255 e. The molecule has 2 N–H and O–H groups in total. The van der Waals surface area contributed by atoms with Gasteiger partial charge in [0.2, 0.25) is 5.88 Å². The molecular formula is C8H10N4O2S. The fourth-order valence-electron chi connectivity index (χ4n) is 1.24. The molecule has 80 valence electrons. The molecule has 0 fully saturated rings. The highest BCUT2D eigenvalue weighted by molar-refractivity contribution is 7.99.